The molecule has 78 valence electrons. The summed E-state index contributed by atoms with van der Waals surface area (Å²) in [4.78, 5) is 0. The summed E-state index contributed by atoms with van der Waals surface area (Å²) >= 11 is 0. The lowest BCUT2D eigenvalue weighted by Crippen LogP contribution is -2.50. The summed E-state index contributed by atoms with van der Waals surface area (Å²) in [6.45, 7) is 8.20. The van der Waals surface area contributed by atoms with Crippen molar-refractivity contribution >= 4 is 0 Å². The van der Waals surface area contributed by atoms with Gasteiger partial charge in [0.25, 0.3) is 0 Å². The molecule has 0 aromatic rings. The highest BCUT2D eigenvalue weighted by molar-refractivity contribution is 4.88. The molecule has 0 atom stereocenters. The summed E-state index contributed by atoms with van der Waals surface area (Å²) in [6.07, 6.45) is 7.58. The predicted octanol–water partition coefficient (Wildman–Crippen LogP) is 2.06. The molecule has 2 nitrogen and oxygen atoms in total. The largest absolute Gasteiger partial charge is 0.329 e. The van der Waals surface area contributed by atoms with E-state index in [0.29, 0.717) is 0 Å². The molecule has 0 fully saturated rings. The Morgan fingerprint density at radius 1 is 1.31 bits per heavy atom. The van der Waals surface area contributed by atoms with Crippen LogP contribution >= 0.6 is 0 Å². The quantitative estimate of drug-likeness (QED) is 0.469. The second-order valence-corrected chi connectivity index (χ2v) is 3.48. The normalized spacial score (nSPS) is 12.6. The zero-order chi connectivity index (χ0) is 10.2. The zero-order valence-electron chi connectivity index (χ0n) is 9.27. The Morgan fingerprint density at radius 2 is 1.92 bits per heavy atom. The number of hydrogen-bond donors (Lipinski definition) is 2. The molecular weight excluding hydrogens is 160 g/mol. The fourth-order valence-corrected chi connectivity index (χ4v) is 1.45. The molecule has 0 rings (SSSR count). The molecule has 0 aliphatic rings. The van der Waals surface area contributed by atoms with E-state index in [2.05, 4.69) is 38.2 Å². The second kappa shape index (κ2) is 7.10. The first kappa shape index (κ1) is 12.7. The van der Waals surface area contributed by atoms with Crippen molar-refractivity contribution in [1.82, 2.24) is 5.32 Å². The van der Waals surface area contributed by atoms with E-state index in [0.717, 1.165) is 32.4 Å². The van der Waals surface area contributed by atoms with Gasteiger partial charge in [-0.2, -0.15) is 0 Å². The minimum atomic E-state index is 0.168. The molecule has 0 radical (unpaired) electrons. The van der Waals surface area contributed by atoms with Crippen LogP contribution in [-0.2, 0) is 0 Å². The SMILES string of the molecule is C/C=C/CCNC(CC)(CC)CN. The van der Waals surface area contributed by atoms with Crippen LogP contribution in [0.4, 0.5) is 0 Å². The van der Waals surface area contributed by atoms with Crippen molar-refractivity contribution in [3.8, 4) is 0 Å². The molecule has 0 heterocycles. The minimum Gasteiger partial charge on any atom is -0.329 e. The Labute approximate surface area is 82.6 Å². The van der Waals surface area contributed by atoms with Gasteiger partial charge < -0.3 is 11.1 Å². The first-order valence-corrected chi connectivity index (χ1v) is 5.31. The fraction of sp³-hybridized carbons (Fsp3) is 0.818. The Hall–Kier alpha value is -0.340. The van der Waals surface area contributed by atoms with E-state index < -0.39 is 0 Å². The lowest BCUT2D eigenvalue weighted by atomic mass is 9.93. The molecule has 0 saturated carbocycles. The topological polar surface area (TPSA) is 38.0 Å². The summed E-state index contributed by atoms with van der Waals surface area (Å²) in [6, 6.07) is 0. The summed E-state index contributed by atoms with van der Waals surface area (Å²) in [5, 5.41) is 3.54. The molecule has 0 spiro atoms. The summed E-state index contributed by atoms with van der Waals surface area (Å²) < 4.78 is 0. The lowest BCUT2D eigenvalue weighted by molar-refractivity contribution is 0.313. The first-order valence-electron chi connectivity index (χ1n) is 5.31. The van der Waals surface area contributed by atoms with Crippen LogP contribution in [0.15, 0.2) is 12.2 Å². The molecule has 0 aromatic heterocycles. The van der Waals surface area contributed by atoms with Crippen molar-refractivity contribution in [2.24, 2.45) is 5.73 Å². The van der Waals surface area contributed by atoms with Crippen molar-refractivity contribution in [3.63, 3.8) is 0 Å². The molecule has 0 aliphatic carbocycles. The highest BCUT2D eigenvalue weighted by Crippen LogP contribution is 2.12. The van der Waals surface area contributed by atoms with E-state index in [1.807, 2.05) is 0 Å². The molecule has 0 saturated heterocycles. The minimum absolute atomic E-state index is 0.168. The Bertz CT molecular complexity index is 129. The summed E-state index contributed by atoms with van der Waals surface area (Å²) in [5.74, 6) is 0. The van der Waals surface area contributed by atoms with Gasteiger partial charge in [0.15, 0.2) is 0 Å². The Kier molecular flexibility index (Phi) is 6.92. The maximum atomic E-state index is 5.76. The highest BCUT2D eigenvalue weighted by atomic mass is 15.0. The molecule has 0 amide bonds. The van der Waals surface area contributed by atoms with Crippen LogP contribution in [0.1, 0.15) is 40.0 Å². The number of allylic oxidation sites excluding steroid dienone is 1. The summed E-state index contributed by atoms with van der Waals surface area (Å²) in [5.41, 5.74) is 5.93. The zero-order valence-corrected chi connectivity index (χ0v) is 9.27. The standard InChI is InChI=1S/C11H24N2/c1-4-7-8-9-13-11(5-2,6-3)10-12/h4,7,13H,5-6,8-10,12H2,1-3H3/b7-4+. The van der Waals surface area contributed by atoms with Gasteiger partial charge in [0.05, 0.1) is 0 Å². The van der Waals surface area contributed by atoms with E-state index in [1.165, 1.54) is 0 Å². The van der Waals surface area contributed by atoms with Crippen molar-refractivity contribution in [2.45, 2.75) is 45.6 Å². The maximum Gasteiger partial charge on any atom is 0.0298 e. The van der Waals surface area contributed by atoms with Gasteiger partial charge in [-0.3, -0.25) is 0 Å². The third kappa shape index (κ3) is 4.44. The second-order valence-electron chi connectivity index (χ2n) is 3.48. The van der Waals surface area contributed by atoms with Crippen LogP contribution in [0.3, 0.4) is 0 Å². The Morgan fingerprint density at radius 3 is 2.31 bits per heavy atom. The van der Waals surface area contributed by atoms with Crippen LogP contribution < -0.4 is 11.1 Å². The number of nitrogens with one attached hydrogen (secondary N) is 1. The van der Waals surface area contributed by atoms with Crippen LogP contribution in [0, 0.1) is 0 Å². The molecule has 2 heteroatoms. The van der Waals surface area contributed by atoms with Gasteiger partial charge in [-0.05, 0) is 32.7 Å². The van der Waals surface area contributed by atoms with Crippen LogP contribution in [0.25, 0.3) is 0 Å². The lowest BCUT2D eigenvalue weighted by Gasteiger charge is -2.31. The number of hydrogen-bond acceptors (Lipinski definition) is 2. The van der Waals surface area contributed by atoms with E-state index in [4.69, 9.17) is 5.73 Å². The van der Waals surface area contributed by atoms with Crippen molar-refractivity contribution in [3.05, 3.63) is 12.2 Å². The first-order chi connectivity index (χ1) is 6.24. The van der Waals surface area contributed by atoms with E-state index in [9.17, 15) is 0 Å². The average molecular weight is 184 g/mol. The molecule has 0 bridgehead atoms. The fourth-order valence-electron chi connectivity index (χ4n) is 1.45. The van der Waals surface area contributed by atoms with Gasteiger partial charge in [0.2, 0.25) is 0 Å². The molecule has 0 aromatic carbocycles. The van der Waals surface area contributed by atoms with E-state index >= 15 is 0 Å². The third-order valence-corrected chi connectivity index (χ3v) is 2.79. The maximum absolute atomic E-state index is 5.76. The van der Waals surface area contributed by atoms with Gasteiger partial charge >= 0.3 is 0 Å². The van der Waals surface area contributed by atoms with E-state index in [1.54, 1.807) is 0 Å². The van der Waals surface area contributed by atoms with Crippen LogP contribution in [0.5, 0.6) is 0 Å². The van der Waals surface area contributed by atoms with Crippen LogP contribution in [0.2, 0.25) is 0 Å². The van der Waals surface area contributed by atoms with Gasteiger partial charge in [-0.15, -0.1) is 0 Å². The third-order valence-electron chi connectivity index (χ3n) is 2.79. The van der Waals surface area contributed by atoms with Crippen molar-refractivity contribution < 1.29 is 0 Å². The van der Waals surface area contributed by atoms with Gasteiger partial charge in [-0.1, -0.05) is 26.0 Å². The predicted molar refractivity (Wildman–Crippen MR) is 59.8 cm³/mol. The molecule has 0 unspecified atom stereocenters. The highest BCUT2D eigenvalue weighted by Gasteiger charge is 2.22. The monoisotopic (exact) mass is 184 g/mol. The molecule has 3 N–H and O–H groups in total. The summed E-state index contributed by atoms with van der Waals surface area (Å²) in [7, 11) is 0. The van der Waals surface area contributed by atoms with Gasteiger partial charge in [-0.25, -0.2) is 0 Å². The molecular formula is C11H24N2. The van der Waals surface area contributed by atoms with Crippen molar-refractivity contribution in [2.75, 3.05) is 13.1 Å². The average Bonchev–Trinajstić information content (AvgIpc) is 2.20. The smallest absolute Gasteiger partial charge is 0.0298 e. The van der Waals surface area contributed by atoms with Gasteiger partial charge in [0, 0.05) is 12.1 Å². The van der Waals surface area contributed by atoms with Crippen molar-refractivity contribution in [1.29, 1.82) is 0 Å². The number of rotatable bonds is 7. The van der Waals surface area contributed by atoms with Gasteiger partial charge in [0.1, 0.15) is 0 Å². The number of nitrogens with two attached hydrogens (primary N) is 1. The molecule has 13 heavy (non-hydrogen) atoms. The van der Waals surface area contributed by atoms with E-state index in [-0.39, 0.29) is 5.54 Å². The van der Waals surface area contributed by atoms with Crippen LogP contribution in [-0.4, -0.2) is 18.6 Å². The Balaban J connectivity index is 3.81. The molecule has 0 aliphatic heterocycles.